The molecule has 0 aliphatic heterocycles. The molecule has 2 atom stereocenters. The number of carbonyl (C=O) groups is 1. The minimum atomic E-state index is -2.70. The molecule has 1 fully saturated rings. The zero-order valence-corrected chi connectivity index (χ0v) is 13.0. The van der Waals surface area contributed by atoms with E-state index >= 15 is 0 Å². The largest absolute Gasteiger partial charge is 0.750 e. The summed E-state index contributed by atoms with van der Waals surface area (Å²) in [5.41, 5.74) is 0.467. The van der Waals surface area contributed by atoms with Crippen LogP contribution in [0.3, 0.4) is 0 Å². The SMILES string of the molecule is CC(OS(=O)[O-])c1ccc(C(=O)c2cnoc2C2CC2)c(F)c1. The third-order valence-electron chi connectivity index (χ3n) is 3.72. The van der Waals surface area contributed by atoms with Crippen LogP contribution in [0.1, 0.15) is 59.0 Å². The van der Waals surface area contributed by atoms with Crippen LogP contribution in [0.4, 0.5) is 4.39 Å². The highest BCUT2D eigenvalue weighted by atomic mass is 32.2. The van der Waals surface area contributed by atoms with Gasteiger partial charge in [0, 0.05) is 5.92 Å². The topological polar surface area (TPSA) is 92.5 Å². The molecule has 8 heteroatoms. The monoisotopic (exact) mass is 338 g/mol. The molecular weight excluding hydrogens is 325 g/mol. The van der Waals surface area contributed by atoms with Gasteiger partial charge < -0.3 is 9.08 Å². The van der Waals surface area contributed by atoms with Crippen molar-refractivity contribution in [1.29, 1.82) is 0 Å². The van der Waals surface area contributed by atoms with E-state index in [1.807, 2.05) is 0 Å². The van der Waals surface area contributed by atoms with Crippen molar-refractivity contribution in [3.8, 4) is 0 Å². The fraction of sp³-hybridized carbons (Fsp3) is 0.333. The predicted octanol–water partition coefficient (Wildman–Crippen LogP) is 2.79. The van der Waals surface area contributed by atoms with Crippen LogP contribution in [0.15, 0.2) is 28.9 Å². The van der Waals surface area contributed by atoms with E-state index in [1.165, 1.54) is 25.3 Å². The van der Waals surface area contributed by atoms with E-state index < -0.39 is 29.1 Å². The standard InChI is InChI=1S/C15H14FNO5S/c1-8(22-23(19)20)10-4-5-11(13(16)6-10)14(18)12-7-17-21-15(12)9-2-3-9/h4-9H,2-3H2,1H3,(H,19,20)/p-1. The Morgan fingerprint density at radius 2 is 2.22 bits per heavy atom. The molecule has 1 aromatic carbocycles. The number of rotatable bonds is 6. The second-order valence-electron chi connectivity index (χ2n) is 5.39. The summed E-state index contributed by atoms with van der Waals surface area (Å²) < 4.78 is 45.0. The number of ketones is 1. The van der Waals surface area contributed by atoms with E-state index in [4.69, 9.17) is 4.52 Å². The summed E-state index contributed by atoms with van der Waals surface area (Å²) in [6, 6.07) is 3.86. The van der Waals surface area contributed by atoms with E-state index in [1.54, 1.807) is 0 Å². The first-order valence-electron chi connectivity index (χ1n) is 7.02. The molecule has 1 aliphatic rings. The molecule has 1 saturated carbocycles. The minimum Gasteiger partial charge on any atom is -0.750 e. The Bertz CT molecular complexity index is 771. The summed E-state index contributed by atoms with van der Waals surface area (Å²) >= 11 is -2.70. The van der Waals surface area contributed by atoms with Crippen LogP contribution >= 0.6 is 0 Å². The molecule has 0 spiro atoms. The minimum absolute atomic E-state index is 0.116. The molecule has 3 rings (SSSR count). The highest BCUT2D eigenvalue weighted by Crippen LogP contribution is 2.42. The van der Waals surface area contributed by atoms with E-state index in [9.17, 15) is 17.9 Å². The van der Waals surface area contributed by atoms with Crippen molar-refractivity contribution in [2.24, 2.45) is 0 Å². The van der Waals surface area contributed by atoms with Gasteiger partial charge in [-0.15, -0.1) is 0 Å². The first-order valence-corrected chi connectivity index (χ1v) is 8.02. The molecule has 1 heterocycles. The van der Waals surface area contributed by atoms with Crippen LogP contribution in [0.25, 0.3) is 0 Å². The highest BCUT2D eigenvalue weighted by molar-refractivity contribution is 7.74. The second-order valence-corrected chi connectivity index (χ2v) is 5.99. The number of hydrogen-bond acceptors (Lipinski definition) is 6. The van der Waals surface area contributed by atoms with E-state index in [0.717, 1.165) is 18.9 Å². The molecule has 1 aromatic heterocycles. The molecule has 2 aromatic rings. The average Bonchev–Trinajstić information content (AvgIpc) is 3.23. The van der Waals surface area contributed by atoms with Crippen molar-refractivity contribution in [2.45, 2.75) is 31.8 Å². The van der Waals surface area contributed by atoms with Gasteiger partial charge in [0.05, 0.1) is 34.8 Å². The number of benzene rings is 1. The molecular formula is C15H13FNO5S-. The van der Waals surface area contributed by atoms with Crippen molar-refractivity contribution >= 4 is 17.1 Å². The Hall–Kier alpha value is -1.90. The molecule has 0 amide bonds. The third kappa shape index (κ3) is 3.39. The van der Waals surface area contributed by atoms with Gasteiger partial charge in [-0.1, -0.05) is 11.2 Å². The van der Waals surface area contributed by atoms with E-state index in [-0.39, 0.29) is 17.0 Å². The molecule has 0 bridgehead atoms. The summed E-state index contributed by atoms with van der Waals surface area (Å²) in [4.78, 5) is 12.5. The maximum atomic E-state index is 14.3. The zero-order chi connectivity index (χ0) is 16.6. The summed E-state index contributed by atoms with van der Waals surface area (Å²) in [5.74, 6) is -0.572. The highest BCUT2D eigenvalue weighted by Gasteiger charge is 2.33. The Balaban J connectivity index is 1.86. The predicted molar refractivity (Wildman–Crippen MR) is 76.7 cm³/mol. The van der Waals surface area contributed by atoms with Gasteiger partial charge >= 0.3 is 0 Å². The van der Waals surface area contributed by atoms with Crippen LogP contribution in [-0.4, -0.2) is 19.7 Å². The van der Waals surface area contributed by atoms with Gasteiger partial charge in [-0.25, -0.2) is 8.60 Å². The van der Waals surface area contributed by atoms with Crippen LogP contribution < -0.4 is 0 Å². The normalized spacial score (nSPS) is 17.0. The summed E-state index contributed by atoms with van der Waals surface area (Å²) in [6.07, 6.45) is 2.32. The number of hydrogen-bond donors (Lipinski definition) is 0. The zero-order valence-electron chi connectivity index (χ0n) is 12.2. The van der Waals surface area contributed by atoms with Gasteiger partial charge in [-0.3, -0.25) is 8.98 Å². The number of carbonyl (C=O) groups excluding carboxylic acids is 1. The molecule has 0 N–H and O–H groups in total. The number of halogens is 1. The van der Waals surface area contributed by atoms with Gasteiger partial charge in [0.15, 0.2) is 5.76 Å². The maximum absolute atomic E-state index is 14.3. The lowest BCUT2D eigenvalue weighted by atomic mass is 9.99. The van der Waals surface area contributed by atoms with Gasteiger partial charge in [-0.2, -0.15) is 0 Å². The molecule has 122 valence electrons. The quantitative estimate of drug-likeness (QED) is 0.594. The third-order valence-corrected chi connectivity index (χ3v) is 4.17. The average molecular weight is 338 g/mol. The van der Waals surface area contributed by atoms with Gasteiger partial charge in [0.25, 0.3) is 0 Å². The van der Waals surface area contributed by atoms with Crippen LogP contribution in [-0.2, 0) is 15.5 Å². The van der Waals surface area contributed by atoms with Crippen LogP contribution in [0.5, 0.6) is 0 Å². The van der Waals surface area contributed by atoms with Crippen molar-refractivity contribution in [2.75, 3.05) is 0 Å². The fourth-order valence-electron chi connectivity index (χ4n) is 2.35. The lowest BCUT2D eigenvalue weighted by Crippen LogP contribution is -2.08. The lowest BCUT2D eigenvalue weighted by molar-refractivity contribution is 0.103. The number of aromatic nitrogens is 1. The van der Waals surface area contributed by atoms with Crippen molar-refractivity contribution in [1.82, 2.24) is 5.16 Å². The molecule has 0 saturated heterocycles. The molecule has 6 nitrogen and oxygen atoms in total. The van der Waals surface area contributed by atoms with Crippen molar-refractivity contribution in [3.63, 3.8) is 0 Å². The van der Waals surface area contributed by atoms with Crippen molar-refractivity contribution < 1.29 is 26.7 Å². The van der Waals surface area contributed by atoms with E-state index in [0.29, 0.717) is 11.3 Å². The molecule has 0 radical (unpaired) electrons. The second kappa shape index (κ2) is 6.31. The van der Waals surface area contributed by atoms with Crippen LogP contribution in [0.2, 0.25) is 0 Å². The van der Waals surface area contributed by atoms with Gasteiger partial charge in [0.1, 0.15) is 5.82 Å². The smallest absolute Gasteiger partial charge is 0.201 e. The summed E-state index contributed by atoms with van der Waals surface area (Å²) in [5, 5.41) is 3.63. The Kier molecular flexibility index (Phi) is 4.38. The first kappa shape index (κ1) is 16.0. The molecule has 23 heavy (non-hydrogen) atoms. The summed E-state index contributed by atoms with van der Waals surface area (Å²) in [7, 11) is 0. The first-order chi connectivity index (χ1) is 11.0. The Morgan fingerprint density at radius 3 is 2.83 bits per heavy atom. The fourth-order valence-corrected chi connectivity index (χ4v) is 2.69. The lowest BCUT2D eigenvalue weighted by Gasteiger charge is -2.15. The number of nitrogens with zero attached hydrogens (tertiary/aromatic N) is 1. The van der Waals surface area contributed by atoms with Gasteiger partial charge in [0.2, 0.25) is 5.78 Å². The summed E-state index contributed by atoms with van der Waals surface area (Å²) in [6.45, 7) is 1.47. The Morgan fingerprint density at radius 1 is 1.48 bits per heavy atom. The van der Waals surface area contributed by atoms with Crippen molar-refractivity contribution in [3.05, 3.63) is 52.7 Å². The molecule has 2 unspecified atom stereocenters. The van der Waals surface area contributed by atoms with E-state index in [2.05, 4.69) is 9.34 Å². The van der Waals surface area contributed by atoms with Crippen LogP contribution in [0, 0.1) is 5.82 Å². The maximum Gasteiger partial charge on any atom is 0.201 e. The Labute approximate surface area is 134 Å². The van der Waals surface area contributed by atoms with Gasteiger partial charge in [-0.05, 0) is 37.5 Å². The molecule has 1 aliphatic carbocycles.